The molecule has 0 saturated carbocycles. The van der Waals surface area contributed by atoms with Gasteiger partial charge in [0, 0.05) is 24.9 Å². The first-order valence-electron chi connectivity index (χ1n) is 6.05. The Labute approximate surface area is 96.2 Å². The largest absolute Gasteiger partial charge is 0.379 e. The fraction of sp³-hybridized carbons (Fsp3) is 0.538. The minimum Gasteiger partial charge on any atom is -0.379 e. The molecule has 3 nitrogen and oxygen atoms in total. The molecule has 1 fully saturated rings. The number of nitrogens with two attached hydrogens (primary N) is 1. The van der Waals surface area contributed by atoms with Crippen molar-refractivity contribution < 1.29 is 4.74 Å². The Balaban J connectivity index is 1.94. The Bertz CT molecular complexity index is 374. The van der Waals surface area contributed by atoms with E-state index in [9.17, 15) is 0 Å². The van der Waals surface area contributed by atoms with E-state index in [0.717, 1.165) is 32.6 Å². The van der Waals surface area contributed by atoms with Gasteiger partial charge in [-0.1, -0.05) is 18.2 Å². The topological polar surface area (TPSA) is 38.5 Å². The summed E-state index contributed by atoms with van der Waals surface area (Å²) in [6.45, 7) is 2.82. The second-order valence-electron chi connectivity index (χ2n) is 4.66. The molecule has 2 unspecified atom stereocenters. The summed E-state index contributed by atoms with van der Waals surface area (Å²) in [6.07, 6.45) is 2.19. The quantitative estimate of drug-likeness (QED) is 0.779. The number of anilines is 1. The van der Waals surface area contributed by atoms with Gasteiger partial charge in [0.25, 0.3) is 0 Å². The normalized spacial score (nSPS) is 29.2. The molecule has 0 aromatic heterocycles. The monoisotopic (exact) mass is 218 g/mol. The number of hydrogen-bond acceptors (Lipinski definition) is 3. The Morgan fingerprint density at radius 2 is 2.12 bits per heavy atom. The molecule has 3 rings (SSSR count). The highest BCUT2D eigenvalue weighted by Crippen LogP contribution is 2.34. The number of benzene rings is 1. The zero-order valence-electron chi connectivity index (χ0n) is 9.43. The van der Waals surface area contributed by atoms with E-state index in [-0.39, 0.29) is 6.04 Å². The minimum atomic E-state index is 0.203. The lowest BCUT2D eigenvalue weighted by Gasteiger charge is -2.37. The van der Waals surface area contributed by atoms with Gasteiger partial charge in [0.15, 0.2) is 0 Å². The van der Waals surface area contributed by atoms with E-state index in [1.807, 2.05) is 0 Å². The van der Waals surface area contributed by atoms with Crippen molar-refractivity contribution in [3.05, 3.63) is 29.8 Å². The molecule has 2 aliphatic heterocycles. The van der Waals surface area contributed by atoms with Crippen LogP contribution in [-0.2, 0) is 4.74 Å². The van der Waals surface area contributed by atoms with Gasteiger partial charge in [-0.15, -0.1) is 0 Å². The smallest absolute Gasteiger partial charge is 0.0670 e. The second kappa shape index (κ2) is 4.07. The maximum atomic E-state index is 6.15. The van der Waals surface area contributed by atoms with Gasteiger partial charge >= 0.3 is 0 Å². The Kier molecular flexibility index (Phi) is 2.58. The summed E-state index contributed by atoms with van der Waals surface area (Å²) < 4.78 is 5.48. The van der Waals surface area contributed by atoms with E-state index in [1.54, 1.807) is 0 Å². The van der Waals surface area contributed by atoms with Crippen LogP contribution in [0.2, 0.25) is 0 Å². The number of fused-ring (bicyclic) bond motifs is 1. The Hall–Kier alpha value is -1.06. The van der Waals surface area contributed by atoms with Crippen LogP contribution in [0.5, 0.6) is 0 Å². The van der Waals surface area contributed by atoms with Crippen LogP contribution in [0.3, 0.4) is 0 Å². The van der Waals surface area contributed by atoms with Crippen LogP contribution >= 0.6 is 0 Å². The molecule has 3 heteroatoms. The second-order valence-corrected chi connectivity index (χ2v) is 4.66. The first-order chi connectivity index (χ1) is 7.86. The summed E-state index contributed by atoms with van der Waals surface area (Å²) >= 11 is 0. The van der Waals surface area contributed by atoms with Crippen LogP contribution in [0.15, 0.2) is 24.3 Å². The van der Waals surface area contributed by atoms with Crippen molar-refractivity contribution in [2.24, 2.45) is 5.73 Å². The van der Waals surface area contributed by atoms with Crippen LogP contribution < -0.4 is 10.6 Å². The Morgan fingerprint density at radius 3 is 2.94 bits per heavy atom. The first-order valence-corrected chi connectivity index (χ1v) is 6.05. The predicted octanol–water partition coefficient (Wildman–Crippen LogP) is 1.69. The van der Waals surface area contributed by atoms with E-state index in [4.69, 9.17) is 10.5 Å². The molecule has 2 aliphatic rings. The lowest BCUT2D eigenvalue weighted by molar-refractivity contribution is 0.192. The number of ether oxygens (including phenoxy) is 1. The molecular formula is C13H18N2O. The highest BCUT2D eigenvalue weighted by molar-refractivity contribution is 5.57. The van der Waals surface area contributed by atoms with E-state index >= 15 is 0 Å². The minimum absolute atomic E-state index is 0.203. The molecule has 0 amide bonds. The fourth-order valence-corrected chi connectivity index (χ4v) is 2.76. The van der Waals surface area contributed by atoms with Crippen molar-refractivity contribution in [1.82, 2.24) is 0 Å². The number of rotatable bonds is 1. The molecule has 0 spiro atoms. The van der Waals surface area contributed by atoms with Crippen LogP contribution in [0.4, 0.5) is 5.69 Å². The summed E-state index contributed by atoms with van der Waals surface area (Å²) in [5.74, 6) is 0. The average Bonchev–Trinajstić information content (AvgIpc) is 2.83. The molecule has 2 heterocycles. The molecule has 0 bridgehead atoms. The van der Waals surface area contributed by atoms with Gasteiger partial charge in [-0.05, 0) is 24.5 Å². The van der Waals surface area contributed by atoms with Crippen molar-refractivity contribution >= 4 is 5.69 Å². The van der Waals surface area contributed by atoms with E-state index in [1.165, 1.54) is 11.3 Å². The predicted molar refractivity (Wildman–Crippen MR) is 64.6 cm³/mol. The van der Waals surface area contributed by atoms with E-state index in [0.29, 0.717) is 6.04 Å². The van der Waals surface area contributed by atoms with E-state index < -0.39 is 0 Å². The summed E-state index contributed by atoms with van der Waals surface area (Å²) in [6, 6.07) is 9.27. The summed E-state index contributed by atoms with van der Waals surface area (Å²) in [4.78, 5) is 2.48. The van der Waals surface area contributed by atoms with Gasteiger partial charge in [-0.3, -0.25) is 0 Å². The van der Waals surface area contributed by atoms with Crippen LogP contribution in [0.1, 0.15) is 24.4 Å². The van der Waals surface area contributed by atoms with Crippen molar-refractivity contribution in [3.8, 4) is 0 Å². The summed E-state index contributed by atoms with van der Waals surface area (Å²) in [5.41, 5.74) is 8.76. The van der Waals surface area contributed by atoms with Gasteiger partial charge in [-0.25, -0.2) is 0 Å². The molecule has 0 aliphatic carbocycles. The average molecular weight is 218 g/mol. The molecule has 0 radical (unpaired) electrons. The van der Waals surface area contributed by atoms with Gasteiger partial charge in [0.05, 0.1) is 12.6 Å². The fourth-order valence-electron chi connectivity index (χ4n) is 2.76. The van der Waals surface area contributed by atoms with E-state index in [2.05, 4.69) is 29.2 Å². The van der Waals surface area contributed by atoms with Gasteiger partial charge in [-0.2, -0.15) is 0 Å². The number of para-hydroxylation sites is 1. The zero-order chi connectivity index (χ0) is 11.0. The molecule has 1 aromatic rings. The third-order valence-electron chi connectivity index (χ3n) is 3.67. The van der Waals surface area contributed by atoms with Crippen LogP contribution in [0.25, 0.3) is 0 Å². The maximum absolute atomic E-state index is 6.15. The summed E-state index contributed by atoms with van der Waals surface area (Å²) in [5, 5.41) is 0. The zero-order valence-corrected chi connectivity index (χ0v) is 9.43. The number of hydrogen-bond donors (Lipinski definition) is 1. The van der Waals surface area contributed by atoms with Crippen molar-refractivity contribution in [2.45, 2.75) is 24.9 Å². The van der Waals surface area contributed by atoms with Crippen LogP contribution in [0, 0.1) is 0 Å². The highest BCUT2D eigenvalue weighted by Gasteiger charge is 2.29. The lowest BCUT2D eigenvalue weighted by atomic mass is 9.95. The van der Waals surface area contributed by atoms with Crippen LogP contribution in [-0.4, -0.2) is 25.8 Å². The van der Waals surface area contributed by atoms with Crippen molar-refractivity contribution in [1.29, 1.82) is 0 Å². The molecule has 1 saturated heterocycles. The van der Waals surface area contributed by atoms with Crippen molar-refractivity contribution in [3.63, 3.8) is 0 Å². The summed E-state index contributed by atoms with van der Waals surface area (Å²) in [7, 11) is 0. The SMILES string of the molecule is NC1CCN(C2CCOC2)c2ccccc21. The lowest BCUT2D eigenvalue weighted by Crippen LogP contribution is -2.41. The molecule has 16 heavy (non-hydrogen) atoms. The van der Waals surface area contributed by atoms with Gasteiger partial charge in [0.1, 0.15) is 0 Å². The molecular weight excluding hydrogens is 200 g/mol. The third kappa shape index (κ3) is 1.60. The molecule has 1 aromatic carbocycles. The Morgan fingerprint density at radius 1 is 1.25 bits per heavy atom. The maximum Gasteiger partial charge on any atom is 0.0670 e. The van der Waals surface area contributed by atoms with Gasteiger partial charge < -0.3 is 15.4 Å². The third-order valence-corrected chi connectivity index (χ3v) is 3.67. The molecule has 2 atom stereocenters. The number of nitrogens with zero attached hydrogens (tertiary/aromatic N) is 1. The first kappa shape index (κ1) is 10.1. The molecule has 2 N–H and O–H groups in total. The van der Waals surface area contributed by atoms with Crippen molar-refractivity contribution in [2.75, 3.05) is 24.7 Å². The highest BCUT2D eigenvalue weighted by atomic mass is 16.5. The van der Waals surface area contributed by atoms with Gasteiger partial charge in [0.2, 0.25) is 0 Å². The standard InChI is InChI=1S/C13H18N2O/c14-12-5-7-15(10-6-8-16-9-10)13-4-2-1-3-11(12)13/h1-4,10,12H,5-9,14H2. The molecule has 86 valence electrons.